The van der Waals surface area contributed by atoms with Crippen molar-refractivity contribution in [3.05, 3.63) is 65.9 Å². The molecule has 12 amide bonds. The number of amides is 12. The number of nitrogens with zero attached hydrogens (tertiary/aromatic N) is 1. The number of aromatic hydroxyl groups is 1. The fourth-order valence-corrected chi connectivity index (χ4v) is 10.9. The number of phenolic OH excluding ortho intramolecular Hbond substituents is 1. The number of nitrogens with one attached hydrogen (secondary N) is 11. The van der Waals surface area contributed by atoms with Crippen molar-refractivity contribution in [2.24, 2.45) is 29.2 Å². The number of carbonyl (C=O) groups excluding carboxylic acids is 12. The minimum atomic E-state index is -1.76. The molecule has 0 aliphatic carbocycles. The van der Waals surface area contributed by atoms with Crippen LogP contribution in [0.4, 0.5) is 0 Å². The Labute approximate surface area is 555 Å². The van der Waals surface area contributed by atoms with E-state index in [9.17, 15) is 82.8 Å². The van der Waals surface area contributed by atoms with Gasteiger partial charge in [0, 0.05) is 42.9 Å². The Morgan fingerprint density at radius 2 is 1.13 bits per heavy atom. The van der Waals surface area contributed by atoms with E-state index >= 15 is 0 Å². The number of carboxylic acids is 1. The molecule has 1 fully saturated rings. The van der Waals surface area contributed by atoms with Gasteiger partial charge in [0.2, 0.25) is 70.9 Å². The molecule has 0 radical (unpaired) electrons. The molecule has 1 saturated heterocycles. The van der Waals surface area contributed by atoms with E-state index < -0.39 is 187 Å². The molecular weight excluding hydrogens is 1260 g/mol. The van der Waals surface area contributed by atoms with Crippen LogP contribution in [0.5, 0.6) is 5.75 Å². The lowest BCUT2D eigenvalue weighted by Gasteiger charge is -2.29. The number of carboxylic acid groups (broad SMARTS) is 1. The number of rotatable bonds is 38. The number of hydrogen-bond acceptors (Lipinski definition) is 18. The van der Waals surface area contributed by atoms with Gasteiger partial charge in [-0.05, 0) is 105 Å². The van der Waals surface area contributed by atoms with Crippen LogP contribution in [0.15, 0.2) is 54.7 Å². The second kappa shape index (κ2) is 37.9. The van der Waals surface area contributed by atoms with Crippen LogP contribution < -0.4 is 64.6 Å². The van der Waals surface area contributed by atoms with Crippen LogP contribution in [0.25, 0.3) is 10.9 Å². The Kier molecular flexibility index (Phi) is 31.3. The highest BCUT2D eigenvalue weighted by molar-refractivity contribution is 7.98. The first kappa shape index (κ1) is 78.6. The van der Waals surface area contributed by atoms with Crippen LogP contribution in [-0.2, 0) is 75.2 Å². The number of hydrogen-bond donors (Lipinski definition) is 17. The van der Waals surface area contributed by atoms with E-state index in [1.165, 1.54) is 35.7 Å². The molecule has 19 N–H and O–H groups in total. The molecular formula is C63H94N14O17S. The van der Waals surface area contributed by atoms with Crippen molar-refractivity contribution < 1.29 is 82.8 Å². The standard InChI is InChI=1S/C63H94N14O17S/c1-31(2)25-40(64)62(92)77-23-12-15-46(77)58(88)72-44(26-36-16-18-38(80)19-17-36)57(87)71-45(27-37-28-66-41-14-11-10-13-39(37)41)55(85)68-29-48(82)69-42(20-21-47(65)81)54(84)67-30-49(83)73-52(34(7)78)60(90)70-43(22-24-95-9)56(86)74-50(32(3)4)59(89)76-53(35(8)79)61(91)75-51(33(5)6)63(93)94/h10-11,13-14,16-19,28,31-35,40,42-46,50-53,66,78-80H,12,15,20-27,29-30,64H2,1-9H3,(H2,65,81)(H,67,84)(H,68,85)(H,69,82)(H,70,90)(H,71,87)(H,72,88)(H,73,83)(H,74,86)(H,75,91)(H,76,89)(H,93,94)/t34-,35-,40+,42+,43+,44+,45+,46+,50+,51+,52+,53+/m1/s1. The van der Waals surface area contributed by atoms with Gasteiger partial charge in [0.1, 0.15) is 60.1 Å². The normalized spacial score (nSPS) is 16.5. The van der Waals surface area contributed by atoms with Crippen molar-refractivity contribution in [2.75, 3.05) is 31.6 Å². The maximum atomic E-state index is 14.6. The highest BCUT2D eigenvalue weighted by Gasteiger charge is 2.40. The summed E-state index contributed by atoms with van der Waals surface area (Å²) in [5.74, 6) is -12.9. The topological polar surface area (TPSA) is 494 Å². The summed E-state index contributed by atoms with van der Waals surface area (Å²) in [5.41, 5.74) is 13.4. The van der Waals surface area contributed by atoms with Crippen LogP contribution in [0.2, 0.25) is 0 Å². The lowest BCUT2D eigenvalue weighted by Crippen LogP contribution is -2.62. The van der Waals surface area contributed by atoms with Crippen molar-refractivity contribution in [3.63, 3.8) is 0 Å². The van der Waals surface area contributed by atoms with Crippen LogP contribution >= 0.6 is 11.8 Å². The summed E-state index contributed by atoms with van der Waals surface area (Å²) in [4.78, 5) is 180. The Morgan fingerprint density at radius 3 is 1.71 bits per heavy atom. The molecule has 0 spiro atoms. The van der Waals surface area contributed by atoms with Crippen molar-refractivity contribution in [2.45, 2.75) is 179 Å². The Balaban J connectivity index is 1.47. The number of nitrogens with two attached hydrogens (primary N) is 2. The number of aromatic nitrogens is 1. The summed E-state index contributed by atoms with van der Waals surface area (Å²) in [6.45, 7) is 10.9. The number of thioether (sulfide) groups is 1. The lowest BCUT2D eigenvalue weighted by atomic mass is 10.0. The largest absolute Gasteiger partial charge is 0.508 e. The van der Waals surface area contributed by atoms with E-state index in [1.54, 1.807) is 76.5 Å². The van der Waals surface area contributed by atoms with E-state index in [-0.39, 0.29) is 49.6 Å². The number of benzene rings is 2. The number of aliphatic carboxylic acids is 1. The van der Waals surface area contributed by atoms with E-state index in [2.05, 4.69) is 58.2 Å². The molecule has 0 bridgehead atoms. The third-order valence-electron chi connectivity index (χ3n) is 15.7. The lowest BCUT2D eigenvalue weighted by molar-refractivity contribution is -0.144. The van der Waals surface area contributed by atoms with E-state index in [0.717, 1.165) is 6.92 Å². The maximum Gasteiger partial charge on any atom is 0.326 e. The molecule has 2 aromatic carbocycles. The molecule has 31 nitrogen and oxygen atoms in total. The predicted molar refractivity (Wildman–Crippen MR) is 350 cm³/mol. The Morgan fingerprint density at radius 1 is 0.611 bits per heavy atom. The van der Waals surface area contributed by atoms with Gasteiger partial charge in [0.05, 0.1) is 31.3 Å². The van der Waals surface area contributed by atoms with Gasteiger partial charge in [0.15, 0.2) is 0 Å². The number of likely N-dealkylation sites (tertiary alicyclic amines) is 1. The molecule has 1 aliphatic heterocycles. The average Bonchev–Trinajstić information content (AvgIpc) is 1.74. The molecule has 3 aromatic rings. The molecule has 12 atom stereocenters. The van der Waals surface area contributed by atoms with Crippen LogP contribution in [0.3, 0.4) is 0 Å². The zero-order valence-corrected chi connectivity index (χ0v) is 55.8. The molecule has 2 heterocycles. The van der Waals surface area contributed by atoms with Gasteiger partial charge in [-0.15, -0.1) is 0 Å². The summed E-state index contributed by atoms with van der Waals surface area (Å²) in [6, 6.07) is -0.740. The van der Waals surface area contributed by atoms with Gasteiger partial charge >= 0.3 is 5.97 Å². The number of carbonyl (C=O) groups is 13. The second-order valence-corrected chi connectivity index (χ2v) is 25.7. The molecule has 1 aliphatic rings. The Bertz CT molecular complexity index is 3180. The molecule has 95 heavy (non-hydrogen) atoms. The second-order valence-electron chi connectivity index (χ2n) is 24.7. The van der Waals surface area contributed by atoms with E-state index in [0.29, 0.717) is 34.9 Å². The number of phenols is 1. The quantitative estimate of drug-likeness (QED) is 0.0278. The minimum Gasteiger partial charge on any atom is -0.508 e. The van der Waals surface area contributed by atoms with Crippen molar-refractivity contribution >= 4 is 99.5 Å². The SMILES string of the molecule is CSCC[C@H](NC(=O)[C@@H](NC(=O)CNC(=O)[C@H](CCC(N)=O)NC(=O)CNC(=O)[C@H](Cc1c[nH]c2ccccc12)NC(=O)[C@H](Cc1ccc(O)cc1)NC(=O)[C@@H]1CCCN1C(=O)[C@@H](N)CC(C)C)[C@@H](C)O)C(=O)N[C@H](C(=O)N[C@H](C(=O)N[C@H](C(=O)O)C(C)C)[C@@H](C)O)C(C)C. The first-order valence-electron chi connectivity index (χ1n) is 31.4. The third-order valence-corrected chi connectivity index (χ3v) is 16.3. The summed E-state index contributed by atoms with van der Waals surface area (Å²) in [6.07, 6.45) is 0.174. The summed E-state index contributed by atoms with van der Waals surface area (Å²) < 4.78 is 0. The van der Waals surface area contributed by atoms with Gasteiger partial charge < -0.3 is 94.9 Å². The van der Waals surface area contributed by atoms with Crippen LogP contribution in [0, 0.1) is 17.8 Å². The summed E-state index contributed by atoms with van der Waals surface area (Å²) in [5, 5.41) is 66.1. The average molecular weight is 1350 g/mol. The summed E-state index contributed by atoms with van der Waals surface area (Å²) >= 11 is 1.29. The molecule has 32 heteroatoms. The monoisotopic (exact) mass is 1350 g/mol. The van der Waals surface area contributed by atoms with Gasteiger partial charge in [-0.3, -0.25) is 57.5 Å². The van der Waals surface area contributed by atoms with Crippen molar-refractivity contribution in [3.8, 4) is 5.75 Å². The van der Waals surface area contributed by atoms with Gasteiger partial charge in [0.25, 0.3) is 0 Å². The number of aliphatic hydroxyl groups is 2. The molecule has 524 valence electrons. The van der Waals surface area contributed by atoms with Crippen LogP contribution in [-0.4, -0.2) is 211 Å². The molecule has 0 saturated carbocycles. The Hall–Kier alpha value is -8.88. The highest BCUT2D eigenvalue weighted by Crippen LogP contribution is 2.23. The fourth-order valence-electron chi connectivity index (χ4n) is 10.4. The van der Waals surface area contributed by atoms with E-state index in [1.807, 2.05) is 13.8 Å². The predicted octanol–water partition coefficient (Wildman–Crippen LogP) is -2.69. The number of aliphatic hydroxyl groups excluding tert-OH is 2. The van der Waals surface area contributed by atoms with Gasteiger partial charge in [-0.25, -0.2) is 4.79 Å². The number of H-pyrrole nitrogens is 1. The first-order chi connectivity index (χ1) is 44.7. The number of aromatic amines is 1. The van der Waals surface area contributed by atoms with Crippen molar-refractivity contribution in [1.29, 1.82) is 0 Å². The first-order valence-corrected chi connectivity index (χ1v) is 32.8. The van der Waals surface area contributed by atoms with Crippen molar-refractivity contribution in [1.82, 2.24) is 63.1 Å². The minimum absolute atomic E-state index is 0.0401. The zero-order chi connectivity index (χ0) is 71.0. The molecule has 0 unspecified atom stereocenters. The highest BCUT2D eigenvalue weighted by atomic mass is 32.2. The smallest absolute Gasteiger partial charge is 0.326 e. The van der Waals surface area contributed by atoms with Crippen LogP contribution in [0.1, 0.15) is 105 Å². The maximum absolute atomic E-state index is 14.6. The zero-order valence-electron chi connectivity index (χ0n) is 54.9. The van der Waals surface area contributed by atoms with Gasteiger partial charge in [-0.2, -0.15) is 11.8 Å². The molecule has 4 rings (SSSR count). The summed E-state index contributed by atoms with van der Waals surface area (Å²) in [7, 11) is 0. The van der Waals surface area contributed by atoms with E-state index in [4.69, 9.17) is 11.5 Å². The third kappa shape index (κ3) is 24.8. The van der Waals surface area contributed by atoms with Gasteiger partial charge in [-0.1, -0.05) is 71.9 Å². The number of primary amides is 1. The molecule has 1 aromatic heterocycles. The number of para-hydroxylation sites is 1. The number of fused-ring (bicyclic) bond motifs is 1. The fraction of sp³-hybridized carbons (Fsp3) is 0.571.